The van der Waals surface area contributed by atoms with Crippen LogP contribution in [0.15, 0.2) is 12.4 Å². The number of fused-ring (bicyclic) bond motifs is 1. The van der Waals surface area contributed by atoms with Crippen molar-refractivity contribution < 1.29 is 18.4 Å². The van der Waals surface area contributed by atoms with Gasteiger partial charge >= 0.3 is 0 Å². The van der Waals surface area contributed by atoms with Crippen LogP contribution in [0.4, 0.5) is 14.6 Å². The van der Waals surface area contributed by atoms with E-state index in [1.807, 2.05) is 9.80 Å². The molecule has 2 aromatic rings. The fraction of sp³-hybridized carbons (Fsp3) is 0.667. The zero-order chi connectivity index (χ0) is 26.3. The van der Waals surface area contributed by atoms with Crippen molar-refractivity contribution in [1.82, 2.24) is 39.9 Å². The number of hydrogen-bond donors (Lipinski definition) is 3. The Labute approximate surface area is 214 Å². The molecule has 0 aromatic carbocycles. The molecule has 0 saturated carbocycles. The van der Waals surface area contributed by atoms with Gasteiger partial charge in [-0.3, -0.25) is 14.5 Å². The van der Waals surface area contributed by atoms with Crippen LogP contribution in [-0.2, 0) is 4.79 Å². The van der Waals surface area contributed by atoms with Gasteiger partial charge in [-0.15, -0.1) is 5.10 Å². The molecule has 0 aliphatic carbocycles. The Kier molecular flexibility index (Phi) is 7.28. The number of nitrogens with zero attached hydrogens (tertiary/aromatic N) is 6. The molecule has 11 nitrogen and oxygen atoms in total. The molecule has 3 saturated heterocycles. The van der Waals surface area contributed by atoms with E-state index in [2.05, 4.69) is 39.5 Å². The third kappa shape index (κ3) is 5.12. The third-order valence-corrected chi connectivity index (χ3v) is 7.84. The topological polar surface area (TPSA) is 124 Å². The molecular formula is C24H35F2N9O2. The maximum absolute atomic E-state index is 15.2. The van der Waals surface area contributed by atoms with Crippen molar-refractivity contribution in [3.63, 3.8) is 0 Å². The summed E-state index contributed by atoms with van der Waals surface area (Å²) in [5.74, 6) is -1.03. The van der Waals surface area contributed by atoms with Gasteiger partial charge in [0.1, 0.15) is 11.7 Å². The highest BCUT2D eigenvalue weighted by Gasteiger charge is 2.41. The number of hydrogen-bond acceptors (Lipinski definition) is 8. The predicted molar refractivity (Wildman–Crippen MR) is 133 cm³/mol. The smallest absolute Gasteiger partial charge is 0.259 e. The van der Waals surface area contributed by atoms with E-state index in [-0.39, 0.29) is 35.4 Å². The summed E-state index contributed by atoms with van der Waals surface area (Å²) in [6.07, 6.45) is 1.75. The van der Waals surface area contributed by atoms with E-state index in [1.165, 1.54) is 0 Å². The highest BCUT2D eigenvalue weighted by Crippen LogP contribution is 2.24. The van der Waals surface area contributed by atoms with Gasteiger partial charge in [0, 0.05) is 51.9 Å². The lowest BCUT2D eigenvalue weighted by molar-refractivity contribution is -0.137. The van der Waals surface area contributed by atoms with Crippen LogP contribution in [0.2, 0.25) is 0 Å². The first-order valence-corrected chi connectivity index (χ1v) is 12.9. The average molecular weight is 520 g/mol. The Hall–Kier alpha value is -2.90. The van der Waals surface area contributed by atoms with Crippen LogP contribution in [0, 0.1) is 11.7 Å². The number of anilines is 1. The molecule has 3 aliphatic heterocycles. The lowest BCUT2D eigenvalue weighted by atomic mass is 9.95. The molecule has 3 aliphatic rings. The second-order valence-corrected chi connectivity index (χ2v) is 10.5. The van der Waals surface area contributed by atoms with Crippen LogP contribution in [0.25, 0.3) is 5.65 Å². The molecule has 0 spiro atoms. The molecule has 0 radical (unpaired) electrons. The minimum absolute atomic E-state index is 0.0205. The maximum atomic E-state index is 15.2. The Balaban J connectivity index is 1.24. The van der Waals surface area contributed by atoms with Crippen molar-refractivity contribution in [2.24, 2.45) is 5.92 Å². The van der Waals surface area contributed by atoms with Gasteiger partial charge in [-0.25, -0.2) is 18.3 Å². The highest BCUT2D eigenvalue weighted by molar-refractivity contribution is 6.04. The van der Waals surface area contributed by atoms with Crippen LogP contribution >= 0.6 is 0 Å². The highest BCUT2D eigenvalue weighted by atomic mass is 19.1. The second kappa shape index (κ2) is 10.5. The van der Waals surface area contributed by atoms with Crippen LogP contribution in [0.1, 0.15) is 30.6 Å². The first-order chi connectivity index (χ1) is 17.7. The van der Waals surface area contributed by atoms with Gasteiger partial charge in [0.15, 0.2) is 17.3 Å². The van der Waals surface area contributed by atoms with Crippen LogP contribution in [0.5, 0.6) is 0 Å². The lowest BCUT2D eigenvalue weighted by Gasteiger charge is -2.46. The minimum Gasteiger partial charge on any atom is -0.381 e. The molecule has 3 fully saturated rings. The number of nitrogens with one attached hydrogen (secondary N) is 2. The van der Waals surface area contributed by atoms with E-state index < -0.39 is 30.0 Å². The summed E-state index contributed by atoms with van der Waals surface area (Å²) in [7, 11) is 0. The van der Waals surface area contributed by atoms with Crippen LogP contribution in [0.3, 0.4) is 0 Å². The molecule has 4 N–H and O–H groups in total. The number of rotatable bonds is 5. The average Bonchev–Trinajstić information content (AvgIpc) is 3.48. The number of aromatic nitrogens is 3. The Morgan fingerprint density at radius 2 is 1.95 bits per heavy atom. The van der Waals surface area contributed by atoms with Crippen molar-refractivity contribution >= 4 is 23.3 Å². The van der Waals surface area contributed by atoms with Gasteiger partial charge in [-0.1, -0.05) is 0 Å². The monoisotopic (exact) mass is 519 g/mol. The number of halogens is 2. The molecule has 5 rings (SSSR count). The largest absolute Gasteiger partial charge is 0.381 e. The second-order valence-electron chi connectivity index (χ2n) is 10.5. The minimum atomic E-state index is -1.20. The number of carbonyl (C=O) groups is 2. The van der Waals surface area contributed by atoms with E-state index in [4.69, 9.17) is 5.73 Å². The Morgan fingerprint density at radius 3 is 2.65 bits per heavy atom. The van der Waals surface area contributed by atoms with E-state index in [9.17, 15) is 14.0 Å². The summed E-state index contributed by atoms with van der Waals surface area (Å²) in [6.45, 7) is 8.71. The molecule has 4 atom stereocenters. The lowest BCUT2D eigenvalue weighted by Crippen LogP contribution is -2.67. The quantitative estimate of drug-likeness (QED) is 0.494. The van der Waals surface area contributed by atoms with Crippen molar-refractivity contribution in [3.8, 4) is 0 Å². The number of nitrogen functional groups attached to an aromatic ring is 1. The first kappa shape index (κ1) is 25.7. The van der Waals surface area contributed by atoms with Crippen molar-refractivity contribution in [3.05, 3.63) is 23.8 Å². The molecule has 2 aromatic heterocycles. The van der Waals surface area contributed by atoms with E-state index in [1.54, 1.807) is 0 Å². The van der Waals surface area contributed by atoms with Gasteiger partial charge in [0.05, 0.1) is 30.4 Å². The number of piperazine rings is 1. The summed E-state index contributed by atoms with van der Waals surface area (Å²) in [5, 5.41) is 9.92. The Bertz CT molecular complexity index is 1150. The number of piperidine rings is 1. The molecule has 2 amide bonds. The zero-order valence-corrected chi connectivity index (χ0v) is 21.2. The number of amides is 2. The molecule has 0 bridgehead atoms. The van der Waals surface area contributed by atoms with Crippen LogP contribution in [-0.4, -0.2) is 118 Å². The maximum Gasteiger partial charge on any atom is 0.259 e. The molecule has 13 heteroatoms. The number of likely N-dealkylation sites (tertiary alicyclic amines) is 1. The van der Waals surface area contributed by atoms with Crippen LogP contribution < -0.4 is 16.4 Å². The zero-order valence-electron chi connectivity index (χ0n) is 21.2. The van der Waals surface area contributed by atoms with E-state index in [0.717, 1.165) is 36.4 Å². The summed E-state index contributed by atoms with van der Waals surface area (Å²) >= 11 is 0. The van der Waals surface area contributed by atoms with Gasteiger partial charge in [0.25, 0.3) is 5.91 Å². The SMILES string of the molecule is CC(C)N1CCC(C(=O)N2CCN(C3C(F)CNCC3NC(=O)c3c(N)nn4cc(F)cnc34)CC2)C1. The number of nitrogens with two attached hydrogens (primary N) is 1. The van der Waals surface area contributed by atoms with Gasteiger partial charge in [-0.05, 0) is 26.8 Å². The Morgan fingerprint density at radius 1 is 1.19 bits per heavy atom. The normalized spacial score (nSPS) is 27.8. The summed E-state index contributed by atoms with van der Waals surface area (Å²) in [4.78, 5) is 36.5. The van der Waals surface area contributed by atoms with Gasteiger partial charge in [-0.2, -0.15) is 0 Å². The molecule has 5 heterocycles. The number of alkyl halides is 1. The van der Waals surface area contributed by atoms with Crippen molar-refractivity contribution in [2.75, 3.05) is 58.1 Å². The fourth-order valence-electron chi connectivity index (χ4n) is 5.83. The van der Waals surface area contributed by atoms with Gasteiger partial charge in [0.2, 0.25) is 5.91 Å². The predicted octanol–water partition coefficient (Wildman–Crippen LogP) is -0.267. The van der Waals surface area contributed by atoms with E-state index >= 15 is 4.39 Å². The van der Waals surface area contributed by atoms with Crippen molar-refractivity contribution in [2.45, 2.75) is 44.6 Å². The van der Waals surface area contributed by atoms with Gasteiger partial charge < -0.3 is 26.2 Å². The van der Waals surface area contributed by atoms with Crippen molar-refractivity contribution in [1.29, 1.82) is 0 Å². The third-order valence-electron chi connectivity index (χ3n) is 7.84. The van der Waals surface area contributed by atoms with E-state index in [0.29, 0.717) is 38.8 Å². The molecule has 202 valence electrons. The fourth-order valence-corrected chi connectivity index (χ4v) is 5.83. The molecule has 37 heavy (non-hydrogen) atoms. The summed E-state index contributed by atoms with van der Waals surface area (Å²) in [5.41, 5.74) is 6.10. The molecule has 4 unspecified atom stereocenters. The number of carbonyl (C=O) groups excluding carboxylic acids is 2. The summed E-state index contributed by atoms with van der Waals surface area (Å²) < 4.78 is 29.9. The summed E-state index contributed by atoms with van der Waals surface area (Å²) in [6, 6.07) is -0.669. The standard InChI is InChI=1S/C24H35F2N9O2/c1-14(2)34-4-3-15(12-34)24(37)33-7-5-32(6-8-33)20-17(26)10-28-11-18(20)30-23(36)19-21(27)31-35-13-16(25)9-29-22(19)35/h9,13-15,17-18,20,28H,3-8,10-12H2,1-2H3,(H2,27,31)(H,30,36). The first-order valence-electron chi connectivity index (χ1n) is 12.9. The molecular weight excluding hydrogens is 484 g/mol.